The lowest BCUT2D eigenvalue weighted by Gasteiger charge is -2.16. The molecular weight excluding hydrogens is 208 g/mol. The summed E-state index contributed by atoms with van der Waals surface area (Å²) in [7, 11) is 0. The first-order valence-corrected chi connectivity index (χ1v) is 6.37. The molecule has 1 saturated carbocycles. The van der Waals surface area contributed by atoms with Crippen LogP contribution in [0.25, 0.3) is 10.9 Å². The van der Waals surface area contributed by atoms with Crippen LogP contribution in [0.2, 0.25) is 0 Å². The van der Waals surface area contributed by atoms with Crippen LogP contribution >= 0.6 is 0 Å². The summed E-state index contributed by atoms with van der Waals surface area (Å²) in [5, 5.41) is 1.23. The second kappa shape index (κ2) is 4.11. The van der Waals surface area contributed by atoms with Crippen LogP contribution in [-0.2, 0) is 0 Å². The van der Waals surface area contributed by atoms with Crippen molar-refractivity contribution >= 4 is 10.9 Å². The molecule has 1 fully saturated rings. The molecule has 88 valence electrons. The largest absolute Gasteiger partial charge is 0.327 e. The van der Waals surface area contributed by atoms with Crippen LogP contribution in [0.3, 0.4) is 0 Å². The summed E-state index contributed by atoms with van der Waals surface area (Å²) >= 11 is 0. The molecule has 2 aromatic rings. The van der Waals surface area contributed by atoms with E-state index in [1.165, 1.54) is 23.8 Å². The van der Waals surface area contributed by atoms with Gasteiger partial charge in [0.15, 0.2) is 0 Å². The molecule has 0 radical (unpaired) electrons. The van der Waals surface area contributed by atoms with Crippen molar-refractivity contribution in [2.75, 3.05) is 0 Å². The van der Waals surface area contributed by atoms with Crippen molar-refractivity contribution in [1.82, 2.24) is 4.98 Å². The molecule has 1 aliphatic rings. The molecule has 0 bridgehead atoms. The number of hydrogen-bond acceptors (Lipinski definition) is 2. The lowest BCUT2D eigenvalue weighted by Crippen LogP contribution is -2.22. The maximum absolute atomic E-state index is 6.16. The van der Waals surface area contributed by atoms with Crippen molar-refractivity contribution in [2.45, 2.75) is 38.1 Å². The van der Waals surface area contributed by atoms with Gasteiger partial charge in [-0.1, -0.05) is 18.6 Å². The van der Waals surface area contributed by atoms with Crippen LogP contribution in [0.1, 0.15) is 36.4 Å². The summed E-state index contributed by atoms with van der Waals surface area (Å²) in [6, 6.07) is 11.2. The van der Waals surface area contributed by atoms with E-state index in [2.05, 4.69) is 35.3 Å². The van der Waals surface area contributed by atoms with Crippen LogP contribution in [0.15, 0.2) is 30.3 Å². The van der Waals surface area contributed by atoms with E-state index >= 15 is 0 Å². The maximum atomic E-state index is 6.16. The Morgan fingerprint density at radius 3 is 2.82 bits per heavy atom. The third kappa shape index (κ3) is 1.93. The highest BCUT2D eigenvalue weighted by molar-refractivity contribution is 5.79. The van der Waals surface area contributed by atoms with Gasteiger partial charge in [0.1, 0.15) is 0 Å². The molecule has 2 unspecified atom stereocenters. The van der Waals surface area contributed by atoms with Crippen LogP contribution in [0.4, 0.5) is 0 Å². The van der Waals surface area contributed by atoms with Gasteiger partial charge in [-0.3, -0.25) is 4.98 Å². The van der Waals surface area contributed by atoms with Gasteiger partial charge in [-0.05, 0) is 49.4 Å². The monoisotopic (exact) mass is 226 g/mol. The number of nitrogens with zero attached hydrogens (tertiary/aromatic N) is 1. The number of fused-ring (bicyclic) bond motifs is 1. The number of aromatic nitrogens is 1. The number of pyridine rings is 1. The number of rotatable bonds is 1. The summed E-state index contributed by atoms with van der Waals surface area (Å²) in [5.41, 5.74) is 9.70. The first-order chi connectivity index (χ1) is 8.24. The van der Waals surface area contributed by atoms with Gasteiger partial charge in [0.25, 0.3) is 0 Å². The Kier molecular flexibility index (Phi) is 2.60. The molecule has 2 heteroatoms. The van der Waals surface area contributed by atoms with Gasteiger partial charge in [-0.25, -0.2) is 0 Å². The van der Waals surface area contributed by atoms with Crippen molar-refractivity contribution in [1.29, 1.82) is 0 Å². The minimum Gasteiger partial charge on any atom is -0.327 e. The summed E-state index contributed by atoms with van der Waals surface area (Å²) in [6.45, 7) is 2.03. The van der Waals surface area contributed by atoms with Gasteiger partial charge in [0.05, 0.1) is 5.52 Å². The van der Waals surface area contributed by atoms with E-state index in [9.17, 15) is 0 Å². The molecule has 1 aromatic heterocycles. The Balaban J connectivity index is 2.04. The van der Waals surface area contributed by atoms with E-state index < -0.39 is 0 Å². The number of nitrogens with two attached hydrogens (primary N) is 1. The Bertz CT molecular complexity index is 548. The van der Waals surface area contributed by atoms with Crippen LogP contribution in [0, 0.1) is 6.92 Å². The van der Waals surface area contributed by atoms with Gasteiger partial charge in [-0.2, -0.15) is 0 Å². The average Bonchev–Trinajstić information content (AvgIpc) is 2.75. The minimum absolute atomic E-state index is 0.339. The summed E-state index contributed by atoms with van der Waals surface area (Å²) in [5.74, 6) is 0.542. The predicted molar refractivity (Wildman–Crippen MR) is 71.0 cm³/mol. The lowest BCUT2D eigenvalue weighted by atomic mass is 9.93. The average molecular weight is 226 g/mol. The van der Waals surface area contributed by atoms with E-state index in [1.54, 1.807) is 0 Å². The van der Waals surface area contributed by atoms with Crippen molar-refractivity contribution < 1.29 is 0 Å². The highest BCUT2D eigenvalue weighted by Gasteiger charge is 2.25. The molecule has 2 N–H and O–H groups in total. The number of aryl methyl sites for hydroxylation is 1. The second-order valence-electron chi connectivity index (χ2n) is 5.11. The highest BCUT2D eigenvalue weighted by atomic mass is 14.7. The smallest absolute Gasteiger partial charge is 0.0705 e. The van der Waals surface area contributed by atoms with Gasteiger partial charge in [0, 0.05) is 17.1 Å². The fourth-order valence-corrected chi connectivity index (χ4v) is 2.88. The van der Waals surface area contributed by atoms with Crippen molar-refractivity contribution in [3.63, 3.8) is 0 Å². The summed E-state index contributed by atoms with van der Waals surface area (Å²) in [4.78, 5) is 4.53. The van der Waals surface area contributed by atoms with Crippen LogP contribution < -0.4 is 5.73 Å². The third-order valence-corrected chi connectivity index (χ3v) is 3.85. The molecule has 1 aliphatic carbocycles. The molecule has 3 rings (SSSR count). The maximum Gasteiger partial charge on any atom is 0.0705 e. The standard InChI is InChI=1S/C15H18N2/c1-10-5-6-12-9-11(7-8-15(12)17-10)13-3-2-4-14(13)16/h5-9,13-14H,2-4,16H2,1H3. The molecule has 2 atom stereocenters. The minimum atomic E-state index is 0.339. The number of hydrogen-bond donors (Lipinski definition) is 1. The SMILES string of the molecule is Cc1ccc2cc(C3CCCC3N)ccc2n1. The van der Waals surface area contributed by atoms with E-state index in [4.69, 9.17) is 5.73 Å². The quantitative estimate of drug-likeness (QED) is 0.811. The fraction of sp³-hybridized carbons (Fsp3) is 0.400. The first-order valence-electron chi connectivity index (χ1n) is 6.37. The Hall–Kier alpha value is -1.41. The van der Waals surface area contributed by atoms with Gasteiger partial charge < -0.3 is 5.73 Å². The Labute approximate surface area is 102 Å². The molecule has 2 nitrogen and oxygen atoms in total. The second-order valence-corrected chi connectivity index (χ2v) is 5.11. The van der Waals surface area contributed by atoms with E-state index in [1.807, 2.05) is 6.92 Å². The predicted octanol–water partition coefficient (Wildman–Crippen LogP) is 3.14. The van der Waals surface area contributed by atoms with E-state index in [0.717, 1.165) is 17.6 Å². The first kappa shape index (κ1) is 10.7. The molecule has 1 heterocycles. The highest BCUT2D eigenvalue weighted by Crippen LogP contribution is 2.34. The molecule has 0 aliphatic heterocycles. The van der Waals surface area contributed by atoms with Crippen molar-refractivity contribution in [3.8, 4) is 0 Å². The number of benzene rings is 1. The topological polar surface area (TPSA) is 38.9 Å². The molecule has 17 heavy (non-hydrogen) atoms. The summed E-state index contributed by atoms with van der Waals surface area (Å²) < 4.78 is 0. The normalized spacial score (nSPS) is 24.4. The molecule has 0 spiro atoms. The van der Waals surface area contributed by atoms with Crippen LogP contribution in [-0.4, -0.2) is 11.0 Å². The fourth-order valence-electron chi connectivity index (χ4n) is 2.88. The van der Waals surface area contributed by atoms with Crippen molar-refractivity contribution in [3.05, 3.63) is 41.6 Å². The van der Waals surface area contributed by atoms with Crippen molar-refractivity contribution in [2.24, 2.45) is 5.73 Å². The van der Waals surface area contributed by atoms with Gasteiger partial charge in [-0.15, -0.1) is 0 Å². The summed E-state index contributed by atoms with van der Waals surface area (Å²) in [6.07, 6.45) is 3.65. The van der Waals surface area contributed by atoms with E-state index in [-0.39, 0.29) is 0 Å². The molecule has 1 aromatic carbocycles. The molecular formula is C15H18N2. The Morgan fingerprint density at radius 2 is 2.06 bits per heavy atom. The molecule has 0 amide bonds. The van der Waals surface area contributed by atoms with Crippen LogP contribution in [0.5, 0.6) is 0 Å². The lowest BCUT2D eigenvalue weighted by molar-refractivity contribution is 0.613. The van der Waals surface area contributed by atoms with Gasteiger partial charge in [0.2, 0.25) is 0 Å². The zero-order valence-corrected chi connectivity index (χ0v) is 10.2. The molecule has 0 saturated heterocycles. The third-order valence-electron chi connectivity index (χ3n) is 3.85. The zero-order valence-electron chi connectivity index (χ0n) is 10.2. The van der Waals surface area contributed by atoms with Gasteiger partial charge >= 0.3 is 0 Å². The van der Waals surface area contributed by atoms with E-state index in [0.29, 0.717) is 12.0 Å². The zero-order chi connectivity index (χ0) is 11.8. The Morgan fingerprint density at radius 1 is 1.18 bits per heavy atom.